The van der Waals surface area contributed by atoms with Gasteiger partial charge in [0.05, 0.1) is 0 Å². The Balaban J connectivity index is 2.21. The van der Waals surface area contributed by atoms with Crippen LogP contribution in [0.15, 0.2) is 0 Å². The van der Waals surface area contributed by atoms with E-state index in [1.165, 1.54) is 0 Å². The number of rotatable bonds is 8. The molecule has 0 aromatic rings. The van der Waals surface area contributed by atoms with Gasteiger partial charge in [0.2, 0.25) is 11.8 Å². The maximum atomic E-state index is 11.6. The average Bonchev–Trinajstić information content (AvgIpc) is 2.30. The van der Waals surface area contributed by atoms with Crippen molar-refractivity contribution in [2.75, 3.05) is 6.54 Å². The van der Waals surface area contributed by atoms with Gasteiger partial charge in [0.25, 0.3) is 0 Å². The summed E-state index contributed by atoms with van der Waals surface area (Å²) >= 11 is 0. The lowest BCUT2D eigenvalue weighted by Gasteiger charge is -2.38. The van der Waals surface area contributed by atoms with Crippen LogP contribution in [0.4, 0.5) is 0 Å². The predicted octanol–water partition coefficient (Wildman–Crippen LogP) is 0.806. The Bertz CT molecular complexity index is 351. The molecule has 6 nitrogen and oxygen atoms in total. The molecule has 3 N–H and O–H groups in total. The number of carboxylic acid groups (broad SMARTS) is 1. The van der Waals surface area contributed by atoms with E-state index in [1.54, 1.807) is 0 Å². The molecule has 0 atom stereocenters. The van der Waals surface area contributed by atoms with Gasteiger partial charge in [-0.05, 0) is 32.1 Å². The Morgan fingerprint density at radius 3 is 2.26 bits per heavy atom. The van der Waals surface area contributed by atoms with E-state index in [0.717, 1.165) is 12.8 Å². The van der Waals surface area contributed by atoms with Gasteiger partial charge in [0, 0.05) is 19.4 Å². The SMILES string of the molecule is CCCNC(=O)CCCC(=O)NC1(C(=O)O)CCC1. The third kappa shape index (κ3) is 4.54. The van der Waals surface area contributed by atoms with E-state index in [0.29, 0.717) is 32.2 Å². The minimum atomic E-state index is -1.05. The van der Waals surface area contributed by atoms with E-state index in [2.05, 4.69) is 10.6 Å². The van der Waals surface area contributed by atoms with Gasteiger partial charge in [-0.15, -0.1) is 0 Å². The van der Waals surface area contributed by atoms with Gasteiger partial charge in [-0.2, -0.15) is 0 Å². The highest BCUT2D eigenvalue weighted by Gasteiger charge is 2.45. The lowest BCUT2D eigenvalue weighted by atomic mass is 9.76. The predicted molar refractivity (Wildman–Crippen MR) is 69.5 cm³/mol. The van der Waals surface area contributed by atoms with Crippen LogP contribution >= 0.6 is 0 Å². The van der Waals surface area contributed by atoms with Crippen LogP contribution in [-0.2, 0) is 14.4 Å². The molecule has 0 bridgehead atoms. The summed E-state index contributed by atoms with van der Waals surface area (Å²) in [4.78, 5) is 34.0. The number of carbonyl (C=O) groups excluding carboxylic acids is 2. The summed E-state index contributed by atoms with van der Waals surface area (Å²) in [7, 11) is 0. The molecule has 0 unspecified atom stereocenters. The van der Waals surface area contributed by atoms with Crippen molar-refractivity contribution >= 4 is 17.8 Å². The van der Waals surface area contributed by atoms with Crippen molar-refractivity contribution in [3.8, 4) is 0 Å². The molecule has 19 heavy (non-hydrogen) atoms. The Kier molecular flexibility index (Phi) is 5.79. The van der Waals surface area contributed by atoms with E-state index >= 15 is 0 Å². The van der Waals surface area contributed by atoms with Crippen molar-refractivity contribution in [1.29, 1.82) is 0 Å². The summed E-state index contributed by atoms with van der Waals surface area (Å²) in [5.41, 5.74) is -1.05. The molecule has 6 heteroatoms. The summed E-state index contributed by atoms with van der Waals surface area (Å²) in [5, 5.41) is 14.4. The van der Waals surface area contributed by atoms with E-state index in [1.807, 2.05) is 6.92 Å². The number of carbonyl (C=O) groups is 3. The number of amides is 2. The van der Waals surface area contributed by atoms with Crippen LogP contribution in [0.3, 0.4) is 0 Å². The van der Waals surface area contributed by atoms with Crippen LogP contribution in [0.5, 0.6) is 0 Å². The molecule has 0 saturated heterocycles. The van der Waals surface area contributed by atoms with Crippen LogP contribution in [0, 0.1) is 0 Å². The third-order valence-electron chi connectivity index (χ3n) is 3.38. The summed E-state index contributed by atoms with van der Waals surface area (Å²) in [6.45, 7) is 2.62. The summed E-state index contributed by atoms with van der Waals surface area (Å²) in [6, 6.07) is 0. The molecule has 0 radical (unpaired) electrons. The van der Waals surface area contributed by atoms with Crippen LogP contribution in [-0.4, -0.2) is 35.0 Å². The van der Waals surface area contributed by atoms with Crippen LogP contribution in [0.2, 0.25) is 0 Å². The summed E-state index contributed by atoms with van der Waals surface area (Å²) in [5.74, 6) is -1.32. The van der Waals surface area contributed by atoms with Gasteiger partial charge in [-0.3, -0.25) is 9.59 Å². The zero-order chi connectivity index (χ0) is 14.3. The first-order chi connectivity index (χ1) is 9.00. The molecule has 0 heterocycles. The Morgan fingerprint density at radius 2 is 1.79 bits per heavy atom. The standard InChI is InChI=1S/C13H22N2O4/c1-2-9-14-10(16)5-3-6-11(17)15-13(12(18)19)7-4-8-13/h2-9H2,1H3,(H,14,16)(H,15,17)(H,18,19). The van der Waals surface area contributed by atoms with Gasteiger partial charge < -0.3 is 15.7 Å². The second-order valence-electron chi connectivity index (χ2n) is 4.99. The van der Waals surface area contributed by atoms with E-state index in [-0.39, 0.29) is 18.2 Å². The van der Waals surface area contributed by atoms with Crippen LogP contribution in [0.1, 0.15) is 51.9 Å². The van der Waals surface area contributed by atoms with Gasteiger partial charge in [0.1, 0.15) is 5.54 Å². The second kappa shape index (κ2) is 7.11. The first kappa shape index (κ1) is 15.5. The van der Waals surface area contributed by atoms with E-state index in [9.17, 15) is 14.4 Å². The summed E-state index contributed by atoms with van der Waals surface area (Å²) in [6.07, 6.45) is 3.62. The third-order valence-corrected chi connectivity index (χ3v) is 3.38. The smallest absolute Gasteiger partial charge is 0.329 e. The van der Waals surface area contributed by atoms with Crippen molar-refractivity contribution in [3.05, 3.63) is 0 Å². The molecule has 0 aromatic carbocycles. The molecule has 0 spiro atoms. The Hall–Kier alpha value is -1.59. The molecule has 1 saturated carbocycles. The topological polar surface area (TPSA) is 95.5 Å². The lowest BCUT2D eigenvalue weighted by molar-refractivity contribution is -0.151. The number of aliphatic carboxylic acids is 1. The summed E-state index contributed by atoms with van der Waals surface area (Å²) < 4.78 is 0. The molecule has 1 rings (SSSR count). The minimum Gasteiger partial charge on any atom is -0.480 e. The van der Waals surface area contributed by atoms with Gasteiger partial charge in [0.15, 0.2) is 0 Å². The molecule has 108 valence electrons. The number of hydrogen-bond donors (Lipinski definition) is 3. The zero-order valence-electron chi connectivity index (χ0n) is 11.3. The highest BCUT2D eigenvalue weighted by atomic mass is 16.4. The lowest BCUT2D eigenvalue weighted by Crippen LogP contribution is -2.59. The van der Waals surface area contributed by atoms with Gasteiger partial charge in [-0.1, -0.05) is 6.92 Å². The zero-order valence-corrected chi connectivity index (χ0v) is 11.3. The molecular formula is C13H22N2O4. The quantitative estimate of drug-likeness (QED) is 0.608. The molecule has 1 aliphatic rings. The molecule has 1 fully saturated rings. The first-order valence-corrected chi connectivity index (χ1v) is 6.81. The minimum absolute atomic E-state index is 0.0637. The van der Waals surface area contributed by atoms with Gasteiger partial charge >= 0.3 is 5.97 Å². The van der Waals surface area contributed by atoms with E-state index in [4.69, 9.17) is 5.11 Å². The first-order valence-electron chi connectivity index (χ1n) is 6.81. The maximum absolute atomic E-state index is 11.6. The molecule has 1 aliphatic carbocycles. The fourth-order valence-corrected chi connectivity index (χ4v) is 2.01. The normalized spacial score (nSPS) is 16.3. The Labute approximate surface area is 112 Å². The Morgan fingerprint density at radius 1 is 1.16 bits per heavy atom. The fourth-order valence-electron chi connectivity index (χ4n) is 2.01. The van der Waals surface area contributed by atoms with Crippen LogP contribution in [0.25, 0.3) is 0 Å². The molecule has 0 aliphatic heterocycles. The number of carboxylic acids is 1. The van der Waals surface area contributed by atoms with Crippen molar-refractivity contribution in [2.24, 2.45) is 0 Å². The van der Waals surface area contributed by atoms with E-state index < -0.39 is 11.5 Å². The highest BCUT2D eigenvalue weighted by molar-refractivity contribution is 5.88. The van der Waals surface area contributed by atoms with Crippen molar-refractivity contribution < 1.29 is 19.5 Å². The molecule has 0 aromatic heterocycles. The van der Waals surface area contributed by atoms with Gasteiger partial charge in [-0.25, -0.2) is 4.79 Å². The van der Waals surface area contributed by atoms with Crippen LogP contribution < -0.4 is 10.6 Å². The number of hydrogen-bond acceptors (Lipinski definition) is 3. The second-order valence-corrected chi connectivity index (χ2v) is 4.99. The van der Waals surface area contributed by atoms with Crippen molar-refractivity contribution in [1.82, 2.24) is 10.6 Å². The average molecular weight is 270 g/mol. The fraction of sp³-hybridized carbons (Fsp3) is 0.769. The van der Waals surface area contributed by atoms with Crippen molar-refractivity contribution in [2.45, 2.75) is 57.4 Å². The monoisotopic (exact) mass is 270 g/mol. The highest BCUT2D eigenvalue weighted by Crippen LogP contribution is 2.32. The maximum Gasteiger partial charge on any atom is 0.329 e. The largest absolute Gasteiger partial charge is 0.480 e. The van der Waals surface area contributed by atoms with Crippen molar-refractivity contribution in [3.63, 3.8) is 0 Å². The number of nitrogens with one attached hydrogen (secondary N) is 2. The molecule has 2 amide bonds. The molecular weight excluding hydrogens is 248 g/mol.